The highest BCUT2D eigenvalue weighted by atomic mass is 16.5. The van der Waals surface area contributed by atoms with E-state index in [4.69, 9.17) is 18.9 Å². The highest BCUT2D eigenvalue weighted by Crippen LogP contribution is 2.24. The number of pyridine rings is 1. The SMILES string of the molecule is COc1cc(OC)cc(C(=O)CCC(=O)c2cc(OC)nc(OC)c2)c1. The van der Waals surface area contributed by atoms with Gasteiger partial charge in [-0.1, -0.05) is 0 Å². The van der Waals surface area contributed by atoms with Crippen LogP contribution < -0.4 is 18.9 Å². The van der Waals surface area contributed by atoms with Crippen LogP contribution in [-0.2, 0) is 0 Å². The number of aromatic nitrogens is 1. The second-order valence-electron chi connectivity index (χ2n) is 5.39. The first kappa shape index (κ1) is 19.2. The van der Waals surface area contributed by atoms with Crippen LogP contribution in [0, 0.1) is 0 Å². The minimum atomic E-state index is -0.202. The van der Waals surface area contributed by atoms with Crippen molar-refractivity contribution in [1.82, 2.24) is 4.98 Å². The fourth-order valence-corrected chi connectivity index (χ4v) is 2.34. The number of Topliss-reactive ketones (excluding diaryl/α,β-unsaturated/α-hetero) is 2. The van der Waals surface area contributed by atoms with Crippen LogP contribution in [0.1, 0.15) is 33.6 Å². The van der Waals surface area contributed by atoms with Gasteiger partial charge in [0.15, 0.2) is 11.6 Å². The molecule has 2 aromatic rings. The van der Waals surface area contributed by atoms with Crippen molar-refractivity contribution in [3.63, 3.8) is 0 Å². The van der Waals surface area contributed by atoms with Gasteiger partial charge in [-0.3, -0.25) is 9.59 Å². The van der Waals surface area contributed by atoms with E-state index >= 15 is 0 Å². The van der Waals surface area contributed by atoms with Gasteiger partial charge in [-0.25, -0.2) is 0 Å². The predicted molar refractivity (Wildman–Crippen MR) is 94.8 cm³/mol. The van der Waals surface area contributed by atoms with Gasteiger partial charge < -0.3 is 18.9 Å². The van der Waals surface area contributed by atoms with Crippen LogP contribution >= 0.6 is 0 Å². The van der Waals surface area contributed by atoms with E-state index in [9.17, 15) is 9.59 Å². The number of methoxy groups -OCH3 is 4. The molecule has 0 N–H and O–H groups in total. The molecule has 138 valence electrons. The van der Waals surface area contributed by atoms with Crippen LogP contribution in [-0.4, -0.2) is 45.0 Å². The Hall–Kier alpha value is -3.09. The molecule has 0 saturated carbocycles. The number of benzene rings is 1. The number of ketones is 2. The number of nitrogens with zero attached hydrogens (tertiary/aromatic N) is 1. The quantitative estimate of drug-likeness (QED) is 0.636. The van der Waals surface area contributed by atoms with Crippen LogP contribution in [0.25, 0.3) is 0 Å². The van der Waals surface area contributed by atoms with Crippen molar-refractivity contribution < 1.29 is 28.5 Å². The summed E-state index contributed by atoms with van der Waals surface area (Å²) in [6.45, 7) is 0. The van der Waals surface area contributed by atoms with Crippen LogP contribution in [0.3, 0.4) is 0 Å². The molecule has 1 aromatic heterocycles. The summed E-state index contributed by atoms with van der Waals surface area (Å²) in [6.07, 6.45) is 0.108. The Labute approximate surface area is 151 Å². The largest absolute Gasteiger partial charge is 0.497 e. The molecule has 0 saturated heterocycles. The van der Waals surface area contributed by atoms with Gasteiger partial charge in [0.05, 0.1) is 28.4 Å². The topological polar surface area (TPSA) is 84.0 Å². The fourth-order valence-electron chi connectivity index (χ4n) is 2.34. The molecule has 2 rings (SSSR count). The third-order valence-electron chi connectivity index (χ3n) is 3.77. The smallest absolute Gasteiger partial charge is 0.216 e. The van der Waals surface area contributed by atoms with Crippen molar-refractivity contribution in [2.24, 2.45) is 0 Å². The highest BCUT2D eigenvalue weighted by Gasteiger charge is 2.15. The predicted octanol–water partition coefficient (Wildman–Crippen LogP) is 2.96. The lowest BCUT2D eigenvalue weighted by molar-refractivity contribution is 0.0917. The second kappa shape index (κ2) is 8.84. The lowest BCUT2D eigenvalue weighted by atomic mass is 10.0. The normalized spacial score (nSPS) is 10.2. The first-order valence-electron chi connectivity index (χ1n) is 7.90. The Morgan fingerprint density at radius 2 is 1.12 bits per heavy atom. The minimum absolute atomic E-state index is 0.0503. The molecule has 1 heterocycles. The van der Waals surface area contributed by atoms with E-state index in [0.29, 0.717) is 22.6 Å². The molecule has 1 aromatic carbocycles. The number of ether oxygens (including phenoxy) is 4. The van der Waals surface area contributed by atoms with Gasteiger partial charge in [0, 0.05) is 42.2 Å². The molecule has 0 atom stereocenters. The van der Waals surface area contributed by atoms with E-state index in [-0.39, 0.29) is 36.2 Å². The third-order valence-corrected chi connectivity index (χ3v) is 3.77. The van der Waals surface area contributed by atoms with E-state index in [2.05, 4.69) is 4.98 Å². The van der Waals surface area contributed by atoms with Crippen LogP contribution in [0.15, 0.2) is 30.3 Å². The molecule has 0 radical (unpaired) electrons. The molecule has 0 fully saturated rings. The molecule has 0 aliphatic rings. The van der Waals surface area contributed by atoms with Crippen molar-refractivity contribution in [3.8, 4) is 23.3 Å². The van der Waals surface area contributed by atoms with Crippen molar-refractivity contribution in [3.05, 3.63) is 41.5 Å². The zero-order chi connectivity index (χ0) is 19.1. The summed E-state index contributed by atoms with van der Waals surface area (Å²) in [4.78, 5) is 28.9. The monoisotopic (exact) mass is 359 g/mol. The molecular weight excluding hydrogens is 338 g/mol. The van der Waals surface area contributed by atoms with E-state index < -0.39 is 0 Å². The van der Waals surface area contributed by atoms with Gasteiger partial charge in [0.1, 0.15) is 11.5 Å². The van der Waals surface area contributed by atoms with Crippen molar-refractivity contribution in [2.45, 2.75) is 12.8 Å². The summed E-state index contributed by atoms with van der Waals surface area (Å²) in [5.74, 6) is 1.20. The summed E-state index contributed by atoms with van der Waals surface area (Å²) in [5.41, 5.74) is 0.809. The summed E-state index contributed by atoms with van der Waals surface area (Å²) >= 11 is 0. The van der Waals surface area contributed by atoms with Crippen molar-refractivity contribution in [1.29, 1.82) is 0 Å². The van der Waals surface area contributed by atoms with E-state index in [1.165, 1.54) is 40.6 Å². The maximum Gasteiger partial charge on any atom is 0.216 e. The van der Waals surface area contributed by atoms with Gasteiger partial charge in [-0.05, 0) is 12.1 Å². The van der Waals surface area contributed by atoms with E-state index in [0.717, 1.165) is 0 Å². The minimum Gasteiger partial charge on any atom is -0.497 e. The Morgan fingerprint density at radius 3 is 1.50 bits per heavy atom. The van der Waals surface area contributed by atoms with Crippen LogP contribution in [0.5, 0.6) is 23.3 Å². The number of hydrogen-bond donors (Lipinski definition) is 0. The summed E-state index contributed by atoms with van der Waals surface area (Å²) in [7, 11) is 5.93. The molecule has 7 heteroatoms. The Morgan fingerprint density at radius 1 is 0.692 bits per heavy atom. The Bertz CT molecular complexity index is 691. The lowest BCUT2D eigenvalue weighted by Crippen LogP contribution is -2.07. The first-order chi connectivity index (χ1) is 12.5. The molecule has 0 spiro atoms. The summed E-state index contributed by atoms with van der Waals surface area (Å²) in [5, 5.41) is 0. The van der Waals surface area contributed by atoms with E-state index in [1.54, 1.807) is 18.2 Å². The summed E-state index contributed by atoms with van der Waals surface area (Å²) in [6, 6.07) is 7.95. The summed E-state index contributed by atoms with van der Waals surface area (Å²) < 4.78 is 20.4. The molecular formula is C19H21NO6. The molecule has 7 nitrogen and oxygen atoms in total. The zero-order valence-corrected chi connectivity index (χ0v) is 15.2. The maximum atomic E-state index is 12.4. The molecule has 0 aliphatic carbocycles. The van der Waals surface area contributed by atoms with Gasteiger partial charge in [0.2, 0.25) is 11.8 Å². The lowest BCUT2D eigenvalue weighted by Gasteiger charge is -2.08. The molecule has 0 amide bonds. The van der Waals surface area contributed by atoms with Crippen LogP contribution in [0.4, 0.5) is 0 Å². The highest BCUT2D eigenvalue weighted by molar-refractivity contribution is 6.02. The standard InChI is InChI=1S/C19H21NO6/c1-23-14-7-12(8-15(11-14)24-2)16(21)5-6-17(22)13-9-18(25-3)20-19(10-13)26-4/h7-11H,5-6H2,1-4H3. The van der Waals surface area contributed by atoms with Crippen molar-refractivity contribution in [2.75, 3.05) is 28.4 Å². The van der Waals surface area contributed by atoms with Crippen LogP contribution in [0.2, 0.25) is 0 Å². The number of hydrogen-bond acceptors (Lipinski definition) is 7. The third kappa shape index (κ3) is 4.72. The number of carbonyl (C=O) groups is 2. The first-order valence-corrected chi connectivity index (χ1v) is 7.90. The number of rotatable bonds is 9. The average Bonchev–Trinajstić information content (AvgIpc) is 2.70. The molecule has 0 aliphatic heterocycles. The maximum absolute atomic E-state index is 12.4. The number of carbonyl (C=O) groups excluding carboxylic acids is 2. The second-order valence-corrected chi connectivity index (χ2v) is 5.39. The Kier molecular flexibility index (Phi) is 6.54. The van der Waals surface area contributed by atoms with Gasteiger partial charge in [0.25, 0.3) is 0 Å². The van der Waals surface area contributed by atoms with Gasteiger partial charge in [-0.15, -0.1) is 0 Å². The Balaban J connectivity index is 2.11. The molecule has 26 heavy (non-hydrogen) atoms. The van der Waals surface area contributed by atoms with Crippen molar-refractivity contribution >= 4 is 11.6 Å². The van der Waals surface area contributed by atoms with Gasteiger partial charge >= 0.3 is 0 Å². The molecule has 0 bridgehead atoms. The zero-order valence-electron chi connectivity index (χ0n) is 15.2. The molecule has 0 unspecified atom stereocenters. The fraction of sp³-hybridized carbons (Fsp3) is 0.316. The van der Waals surface area contributed by atoms with Gasteiger partial charge in [-0.2, -0.15) is 4.98 Å². The van der Waals surface area contributed by atoms with E-state index in [1.807, 2.05) is 0 Å². The average molecular weight is 359 g/mol.